The Morgan fingerprint density at radius 2 is 1.75 bits per heavy atom. The summed E-state index contributed by atoms with van der Waals surface area (Å²) >= 11 is 0. The molecule has 0 aromatic heterocycles. The Balaban J connectivity index is 1.50. The maximum Gasteiger partial charge on any atom is 0.0620 e. The van der Waals surface area contributed by atoms with Gasteiger partial charge in [0.1, 0.15) is 0 Å². The van der Waals surface area contributed by atoms with Crippen LogP contribution in [-0.2, 0) is 4.74 Å². The zero-order valence-electron chi connectivity index (χ0n) is 10.5. The molecule has 2 N–H and O–H groups in total. The Labute approximate surface area is 99.9 Å². The van der Waals surface area contributed by atoms with Crippen LogP contribution in [0.15, 0.2) is 0 Å². The van der Waals surface area contributed by atoms with E-state index in [4.69, 9.17) is 10.5 Å². The predicted octanol–water partition coefficient (Wildman–Crippen LogP) is 3.10. The molecule has 2 heteroatoms. The standard InChI is InChI=1S/C14H27NO/c15-14(13-7-2-1-3-8-13)11-16-10-9-12-5-4-6-12/h12-14H,1-11,15H2. The Bertz CT molecular complexity index is 185. The quantitative estimate of drug-likeness (QED) is 0.705. The van der Waals surface area contributed by atoms with Gasteiger partial charge in [0.25, 0.3) is 0 Å². The minimum absolute atomic E-state index is 0.293. The summed E-state index contributed by atoms with van der Waals surface area (Å²) in [6, 6.07) is 0.293. The monoisotopic (exact) mass is 225 g/mol. The van der Waals surface area contributed by atoms with E-state index >= 15 is 0 Å². The number of hydrogen-bond donors (Lipinski definition) is 1. The highest BCUT2D eigenvalue weighted by atomic mass is 16.5. The van der Waals surface area contributed by atoms with Gasteiger partial charge in [-0.2, -0.15) is 0 Å². The van der Waals surface area contributed by atoms with Gasteiger partial charge in [0, 0.05) is 12.6 Å². The van der Waals surface area contributed by atoms with Crippen molar-refractivity contribution in [2.24, 2.45) is 17.6 Å². The predicted molar refractivity (Wildman–Crippen MR) is 67.3 cm³/mol. The molecule has 2 aliphatic rings. The Morgan fingerprint density at radius 3 is 2.38 bits per heavy atom. The molecule has 1 unspecified atom stereocenters. The lowest BCUT2D eigenvalue weighted by Crippen LogP contribution is -2.36. The van der Waals surface area contributed by atoms with E-state index < -0.39 is 0 Å². The summed E-state index contributed by atoms with van der Waals surface area (Å²) in [7, 11) is 0. The minimum atomic E-state index is 0.293. The van der Waals surface area contributed by atoms with Crippen LogP contribution in [0.25, 0.3) is 0 Å². The minimum Gasteiger partial charge on any atom is -0.380 e. The van der Waals surface area contributed by atoms with E-state index in [0.717, 1.165) is 25.0 Å². The second kappa shape index (κ2) is 6.61. The molecule has 1 atom stereocenters. The third-order valence-corrected chi connectivity index (χ3v) is 4.46. The fourth-order valence-corrected chi connectivity index (χ4v) is 2.95. The molecule has 0 aliphatic heterocycles. The Hall–Kier alpha value is -0.0800. The van der Waals surface area contributed by atoms with E-state index in [1.165, 1.54) is 57.8 Å². The van der Waals surface area contributed by atoms with Gasteiger partial charge >= 0.3 is 0 Å². The lowest BCUT2D eigenvalue weighted by Gasteiger charge is -2.28. The average Bonchev–Trinajstić information content (AvgIpc) is 2.27. The molecule has 0 saturated heterocycles. The molecule has 2 saturated carbocycles. The fraction of sp³-hybridized carbons (Fsp3) is 1.00. The van der Waals surface area contributed by atoms with Crippen LogP contribution < -0.4 is 5.73 Å². The molecule has 2 rings (SSSR count). The van der Waals surface area contributed by atoms with Crippen molar-refractivity contribution < 1.29 is 4.74 Å². The van der Waals surface area contributed by atoms with Crippen LogP contribution in [-0.4, -0.2) is 19.3 Å². The first-order valence-corrected chi connectivity index (χ1v) is 7.19. The van der Waals surface area contributed by atoms with Gasteiger partial charge in [0.15, 0.2) is 0 Å². The maximum absolute atomic E-state index is 6.19. The number of rotatable bonds is 6. The van der Waals surface area contributed by atoms with Gasteiger partial charge in [-0.1, -0.05) is 38.5 Å². The molecule has 2 nitrogen and oxygen atoms in total. The highest BCUT2D eigenvalue weighted by Crippen LogP contribution is 2.29. The fourth-order valence-electron chi connectivity index (χ4n) is 2.95. The van der Waals surface area contributed by atoms with Gasteiger partial charge in [0.05, 0.1) is 6.61 Å². The van der Waals surface area contributed by atoms with E-state index in [2.05, 4.69) is 0 Å². The van der Waals surface area contributed by atoms with Crippen LogP contribution in [0.2, 0.25) is 0 Å². The second-order valence-electron chi connectivity index (χ2n) is 5.72. The average molecular weight is 225 g/mol. The van der Waals surface area contributed by atoms with Crippen molar-refractivity contribution in [2.45, 2.75) is 63.8 Å². The first kappa shape index (κ1) is 12.4. The topological polar surface area (TPSA) is 35.2 Å². The van der Waals surface area contributed by atoms with Crippen LogP contribution in [0.3, 0.4) is 0 Å². The first-order valence-electron chi connectivity index (χ1n) is 7.19. The second-order valence-corrected chi connectivity index (χ2v) is 5.72. The van der Waals surface area contributed by atoms with Crippen LogP contribution in [0, 0.1) is 11.8 Å². The summed E-state index contributed by atoms with van der Waals surface area (Å²) in [6.45, 7) is 1.72. The lowest BCUT2D eigenvalue weighted by atomic mass is 9.83. The number of ether oxygens (including phenoxy) is 1. The molecule has 0 aromatic carbocycles. The van der Waals surface area contributed by atoms with Gasteiger partial charge in [-0.15, -0.1) is 0 Å². The third-order valence-electron chi connectivity index (χ3n) is 4.46. The molecule has 0 amide bonds. The molecule has 2 fully saturated rings. The van der Waals surface area contributed by atoms with E-state index in [9.17, 15) is 0 Å². The molecule has 0 heterocycles. The van der Waals surface area contributed by atoms with Crippen molar-refractivity contribution in [1.82, 2.24) is 0 Å². The molecule has 2 aliphatic carbocycles. The summed E-state index contributed by atoms with van der Waals surface area (Å²) in [6.07, 6.45) is 12.4. The summed E-state index contributed by atoms with van der Waals surface area (Å²) < 4.78 is 5.73. The molecule has 16 heavy (non-hydrogen) atoms. The lowest BCUT2D eigenvalue weighted by molar-refractivity contribution is 0.0789. The van der Waals surface area contributed by atoms with Crippen molar-refractivity contribution >= 4 is 0 Å². The van der Waals surface area contributed by atoms with Gasteiger partial charge in [0.2, 0.25) is 0 Å². The highest BCUT2D eigenvalue weighted by molar-refractivity contribution is 4.76. The van der Waals surface area contributed by atoms with Crippen molar-refractivity contribution in [3.05, 3.63) is 0 Å². The van der Waals surface area contributed by atoms with Crippen LogP contribution in [0.4, 0.5) is 0 Å². The van der Waals surface area contributed by atoms with Gasteiger partial charge < -0.3 is 10.5 Å². The molecular formula is C14H27NO. The summed E-state index contributed by atoms with van der Waals surface area (Å²) in [4.78, 5) is 0. The number of hydrogen-bond acceptors (Lipinski definition) is 2. The van der Waals surface area contributed by atoms with Gasteiger partial charge in [-0.05, 0) is 31.1 Å². The van der Waals surface area contributed by atoms with Crippen molar-refractivity contribution in [2.75, 3.05) is 13.2 Å². The molecule has 0 spiro atoms. The molecule has 0 radical (unpaired) electrons. The number of nitrogens with two attached hydrogens (primary N) is 1. The maximum atomic E-state index is 6.19. The van der Waals surface area contributed by atoms with Crippen molar-refractivity contribution in [1.29, 1.82) is 0 Å². The van der Waals surface area contributed by atoms with Gasteiger partial charge in [-0.3, -0.25) is 0 Å². The Morgan fingerprint density at radius 1 is 1.00 bits per heavy atom. The van der Waals surface area contributed by atoms with Crippen LogP contribution in [0.5, 0.6) is 0 Å². The molecular weight excluding hydrogens is 198 g/mol. The van der Waals surface area contributed by atoms with Crippen LogP contribution in [0.1, 0.15) is 57.8 Å². The van der Waals surface area contributed by atoms with Crippen molar-refractivity contribution in [3.63, 3.8) is 0 Å². The van der Waals surface area contributed by atoms with Gasteiger partial charge in [-0.25, -0.2) is 0 Å². The van der Waals surface area contributed by atoms with E-state index in [0.29, 0.717) is 6.04 Å². The highest BCUT2D eigenvalue weighted by Gasteiger charge is 2.21. The third kappa shape index (κ3) is 3.74. The smallest absolute Gasteiger partial charge is 0.0620 e. The molecule has 94 valence electrons. The summed E-state index contributed by atoms with van der Waals surface area (Å²) in [5, 5.41) is 0. The zero-order chi connectivity index (χ0) is 11.2. The Kier molecular flexibility index (Phi) is 5.11. The largest absolute Gasteiger partial charge is 0.380 e. The summed E-state index contributed by atoms with van der Waals surface area (Å²) in [5.74, 6) is 1.70. The molecule has 0 aromatic rings. The first-order chi connectivity index (χ1) is 7.86. The zero-order valence-corrected chi connectivity index (χ0v) is 10.5. The van der Waals surface area contributed by atoms with E-state index in [1.807, 2.05) is 0 Å². The van der Waals surface area contributed by atoms with E-state index in [1.54, 1.807) is 0 Å². The van der Waals surface area contributed by atoms with E-state index in [-0.39, 0.29) is 0 Å². The normalized spacial score (nSPS) is 25.3. The summed E-state index contributed by atoms with van der Waals surface area (Å²) in [5.41, 5.74) is 6.19. The van der Waals surface area contributed by atoms with Crippen molar-refractivity contribution in [3.8, 4) is 0 Å². The van der Waals surface area contributed by atoms with Crippen LogP contribution >= 0.6 is 0 Å². The SMILES string of the molecule is NC(COCCC1CCC1)C1CCCCC1. The molecule has 0 bridgehead atoms.